The Morgan fingerprint density at radius 1 is 1.19 bits per heavy atom. The van der Waals surface area contributed by atoms with Crippen LogP contribution in [0.5, 0.6) is 0 Å². The maximum atomic E-state index is 13.3. The van der Waals surface area contributed by atoms with E-state index in [-0.39, 0.29) is 17.8 Å². The minimum absolute atomic E-state index is 0.278. The van der Waals surface area contributed by atoms with Gasteiger partial charge in [0, 0.05) is 24.0 Å². The summed E-state index contributed by atoms with van der Waals surface area (Å²) in [5.74, 6) is -0.630. The van der Waals surface area contributed by atoms with Crippen LogP contribution in [-0.4, -0.2) is 36.1 Å². The van der Waals surface area contributed by atoms with Crippen LogP contribution in [0.4, 0.5) is 4.39 Å². The molecule has 0 saturated heterocycles. The SMILES string of the molecule is CCC(NC(=O)c1cncc2c1cnn2-c1ccc(F)cc1)c1ccnc(S(C)=O)c1. The van der Waals surface area contributed by atoms with Gasteiger partial charge in [0.05, 0.1) is 46.0 Å². The van der Waals surface area contributed by atoms with Crippen molar-refractivity contribution in [2.75, 3.05) is 6.26 Å². The standard InChI is InChI=1S/C22H20FN5O2S/c1-3-19(14-8-9-25-21(10-14)31(2)30)27-22(29)18-11-24-13-20-17(18)12-26-28(20)16-6-4-15(23)5-7-16/h4-13,19H,3H2,1-2H3,(H,27,29). The minimum atomic E-state index is -1.21. The summed E-state index contributed by atoms with van der Waals surface area (Å²) in [5, 5.41) is 8.48. The van der Waals surface area contributed by atoms with Crippen molar-refractivity contribution in [3.05, 3.63) is 78.1 Å². The highest BCUT2D eigenvalue weighted by Crippen LogP contribution is 2.23. The average Bonchev–Trinajstić information content (AvgIpc) is 3.22. The summed E-state index contributed by atoms with van der Waals surface area (Å²) in [7, 11) is -1.21. The number of aromatic nitrogens is 4. The van der Waals surface area contributed by atoms with Crippen LogP contribution in [-0.2, 0) is 10.8 Å². The van der Waals surface area contributed by atoms with Crippen molar-refractivity contribution in [3.63, 3.8) is 0 Å². The van der Waals surface area contributed by atoms with Crippen molar-refractivity contribution in [2.24, 2.45) is 0 Å². The molecule has 1 amide bonds. The van der Waals surface area contributed by atoms with Crippen LogP contribution in [0.3, 0.4) is 0 Å². The number of pyridine rings is 2. The zero-order valence-corrected chi connectivity index (χ0v) is 17.8. The van der Waals surface area contributed by atoms with Gasteiger partial charge in [-0.1, -0.05) is 6.92 Å². The lowest BCUT2D eigenvalue weighted by Crippen LogP contribution is -2.28. The number of hydrogen-bond donors (Lipinski definition) is 1. The zero-order chi connectivity index (χ0) is 22.0. The lowest BCUT2D eigenvalue weighted by Gasteiger charge is -2.18. The first kappa shape index (κ1) is 20.8. The van der Waals surface area contributed by atoms with E-state index in [0.29, 0.717) is 33.6 Å². The van der Waals surface area contributed by atoms with E-state index in [0.717, 1.165) is 5.56 Å². The van der Waals surface area contributed by atoms with E-state index in [1.807, 2.05) is 6.92 Å². The van der Waals surface area contributed by atoms with E-state index >= 15 is 0 Å². The molecule has 7 nitrogen and oxygen atoms in total. The van der Waals surface area contributed by atoms with E-state index in [4.69, 9.17) is 0 Å². The Labute approximate surface area is 180 Å². The van der Waals surface area contributed by atoms with E-state index < -0.39 is 10.8 Å². The molecule has 0 aliphatic heterocycles. The Morgan fingerprint density at radius 3 is 2.68 bits per heavy atom. The van der Waals surface area contributed by atoms with E-state index in [9.17, 15) is 13.4 Å². The monoisotopic (exact) mass is 437 g/mol. The molecule has 0 aliphatic carbocycles. The molecule has 31 heavy (non-hydrogen) atoms. The van der Waals surface area contributed by atoms with Crippen LogP contribution >= 0.6 is 0 Å². The summed E-state index contributed by atoms with van der Waals surface area (Å²) < 4.78 is 26.6. The van der Waals surface area contributed by atoms with Crippen LogP contribution in [0.1, 0.15) is 35.3 Å². The number of halogens is 1. The summed E-state index contributed by atoms with van der Waals surface area (Å²) in [6.07, 6.45) is 8.52. The van der Waals surface area contributed by atoms with Crippen molar-refractivity contribution in [3.8, 4) is 5.69 Å². The molecule has 158 valence electrons. The normalized spacial score (nSPS) is 13.1. The first-order valence-corrected chi connectivity index (χ1v) is 11.2. The molecule has 9 heteroatoms. The molecule has 0 saturated carbocycles. The number of amides is 1. The number of rotatable bonds is 6. The molecule has 3 aromatic heterocycles. The second-order valence-electron chi connectivity index (χ2n) is 6.97. The second-order valence-corrected chi connectivity index (χ2v) is 8.30. The molecule has 1 aromatic carbocycles. The fourth-order valence-electron chi connectivity index (χ4n) is 3.37. The van der Waals surface area contributed by atoms with E-state index in [1.165, 1.54) is 18.3 Å². The number of nitrogens with one attached hydrogen (secondary N) is 1. The minimum Gasteiger partial charge on any atom is -0.345 e. The number of carbonyl (C=O) groups is 1. The topological polar surface area (TPSA) is 89.8 Å². The Bertz CT molecular complexity index is 1270. The molecule has 3 heterocycles. The lowest BCUT2D eigenvalue weighted by molar-refractivity contribution is 0.0937. The summed E-state index contributed by atoms with van der Waals surface area (Å²) in [4.78, 5) is 21.4. The molecule has 1 N–H and O–H groups in total. The fourth-order valence-corrected chi connectivity index (χ4v) is 3.88. The molecule has 2 unspecified atom stereocenters. The zero-order valence-electron chi connectivity index (χ0n) is 16.9. The van der Waals surface area contributed by atoms with Gasteiger partial charge in [-0.05, 0) is 48.4 Å². The van der Waals surface area contributed by atoms with Gasteiger partial charge in [-0.25, -0.2) is 14.1 Å². The van der Waals surface area contributed by atoms with Gasteiger partial charge in [0.15, 0.2) is 0 Å². The molecule has 4 aromatic rings. The quantitative estimate of drug-likeness (QED) is 0.498. The molecule has 0 aliphatic rings. The molecule has 4 rings (SSSR count). The predicted molar refractivity (Wildman–Crippen MR) is 116 cm³/mol. The summed E-state index contributed by atoms with van der Waals surface area (Å²) in [5.41, 5.74) is 2.52. The van der Waals surface area contributed by atoms with Crippen LogP contribution in [0.25, 0.3) is 16.6 Å². The van der Waals surface area contributed by atoms with E-state index in [1.54, 1.807) is 53.8 Å². The molecular weight excluding hydrogens is 417 g/mol. The van der Waals surface area contributed by atoms with E-state index in [2.05, 4.69) is 20.4 Å². The maximum Gasteiger partial charge on any atom is 0.254 e. The summed E-state index contributed by atoms with van der Waals surface area (Å²) in [6.45, 7) is 1.96. The molecule has 0 spiro atoms. The van der Waals surface area contributed by atoms with Crippen LogP contribution < -0.4 is 5.32 Å². The largest absolute Gasteiger partial charge is 0.345 e. The maximum absolute atomic E-state index is 13.3. The Hall–Kier alpha value is -3.46. The first-order valence-electron chi connectivity index (χ1n) is 9.66. The van der Waals surface area contributed by atoms with Gasteiger partial charge < -0.3 is 5.32 Å². The van der Waals surface area contributed by atoms with Gasteiger partial charge >= 0.3 is 0 Å². The highest BCUT2D eigenvalue weighted by Gasteiger charge is 2.19. The average molecular weight is 438 g/mol. The van der Waals surface area contributed by atoms with Crippen LogP contribution in [0.15, 0.2) is 66.2 Å². The van der Waals surface area contributed by atoms with Crippen molar-refractivity contribution < 1.29 is 13.4 Å². The van der Waals surface area contributed by atoms with Gasteiger partial charge in [-0.3, -0.25) is 14.0 Å². The third kappa shape index (κ3) is 4.22. The number of hydrogen-bond acceptors (Lipinski definition) is 5. The molecule has 0 bridgehead atoms. The Morgan fingerprint density at radius 2 is 1.97 bits per heavy atom. The highest BCUT2D eigenvalue weighted by molar-refractivity contribution is 7.84. The number of nitrogens with zero attached hydrogens (tertiary/aromatic N) is 4. The van der Waals surface area contributed by atoms with Crippen LogP contribution in [0, 0.1) is 5.82 Å². The molecule has 2 atom stereocenters. The molecular formula is C22H20FN5O2S. The first-order chi connectivity index (χ1) is 15.0. The summed E-state index contributed by atoms with van der Waals surface area (Å²) >= 11 is 0. The van der Waals surface area contributed by atoms with Gasteiger partial charge in [0.2, 0.25) is 0 Å². The van der Waals surface area contributed by atoms with Crippen LogP contribution in [0.2, 0.25) is 0 Å². The fraction of sp³-hybridized carbons (Fsp3) is 0.182. The van der Waals surface area contributed by atoms with Crippen molar-refractivity contribution in [1.82, 2.24) is 25.1 Å². The van der Waals surface area contributed by atoms with Crippen molar-refractivity contribution in [1.29, 1.82) is 0 Å². The smallest absolute Gasteiger partial charge is 0.254 e. The van der Waals surface area contributed by atoms with Gasteiger partial charge in [0.1, 0.15) is 10.8 Å². The van der Waals surface area contributed by atoms with Gasteiger partial charge in [0.25, 0.3) is 5.91 Å². The molecule has 0 fully saturated rings. The van der Waals surface area contributed by atoms with Crippen molar-refractivity contribution >= 4 is 27.6 Å². The van der Waals surface area contributed by atoms with Gasteiger partial charge in [-0.15, -0.1) is 0 Å². The summed E-state index contributed by atoms with van der Waals surface area (Å²) in [6, 6.07) is 9.20. The number of benzene rings is 1. The lowest BCUT2D eigenvalue weighted by atomic mass is 10.1. The third-order valence-electron chi connectivity index (χ3n) is 4.98. The highest BCUT2D eigenvalue weighted by atomic mass is 32.2. The number of carbonyl (C=O) groups excluding carboxylic acids is 1. The van der Waals surface area contributed by atoms with Crippen molar-refractivity contribution in [2.45, 2.75) is 24.4 Å². The second kappa shape index (κ2) is 8.73. The Kier molecular flexibility index (Phi) is 5.85. The molecule has 0 radical (unpaired) electrons. The number of fused-ring (bicyclic) bond motifs is 1. The van der Waals surface area contributed by atoms with Gasteiger partial charge in [-0.2, -0.15) is 5.10 Å². The Balaban J connectivity index is 1.65. The predicted octanol–water partition coefficient (Wildman–Crippen LogP) is 3.57. The third-order valence-corrected chi connectivity index (χ3v) is 5.79.